The second-order valence-corrected chi connectivity index (χ2v) is 7.61. The molecular formula is C18H36BLiO2. The molecule has 0 saturated carbocycles. The van der Waals surface area contributed by atoms with Gasteiger partial charge >= 0.3 is 25.4 Å². The van der Waals surface area contributed by atoms with E-state index in [0.29, 0.717) is 0 Å². The number of rotatable bonds is 9. The van der Waals surface area contributed by atoms with Crippen molar-refractivity contribution in [2.75, 3.05) is 0 Å². The van der Waals surface area contributed by atoms with E-state index in [1.807, 2.05) is 0 Å². The zero-order valence-corrected chi connectivity index (χ0v) is 16.6. The van der Waals surface area contributed by atoms with E-state index in [2.05, 4.69) is 67.1 Å². The van der Waals surface area contributed by atoms with Crippen LogP contribution >= 0.6 is 0 Å². The summed E-state index contributed by atoms with van der Waals surface area (Å²) >= 11 is 0. The van der Waals surface area contributed by atoms with Crippen LogP contribution in [0.25, 0.3) is 0 Å². The quantitative estimate of drug-likeness (QED) is 0.370. The van der Waals surface area contributed by atoms with Gasteiger partial charge in [-0.05, 0) is 48.5 Å². The van der Waals surface area contributed by atoms with E-state index in [4.69, 9.17) is 9.31 Å². The first-order valence-electron chi connectivity index (χ1n) is 8.66. The van der Waals surface area contributed by atoms with E-state index in [9.17, 15) is 0 Å². The maximum Gasteiger partial charge on any atom is 1.00 e. The number of unbranched alkanes of at least 4 members (excludes halogenated alkanes) is 3. The summed E-state index contributed by atoms with van der Waals surface area (Å²) in [6.45, 7) is 15.3. The van der Waals surface area contributed by atoms with Crippen LogP contribution in [0.4, 0.5) is 0 Å². The standard InChI is InChI=1S/C18H36BO2.Li/c1-9-10-11-12-14-19(20-16(2)3,21-17(4)5)15-13-18(6,7)8;/h16-17H,9-12,14H2,1-8H3;/q-1;+1. The van der Waals surface area contributed by atoms with Gasteiger partial charge in [0.1, 0.15) is 0 Å². The molecule has 0 aliphatic carbocycles. The molecule has 0 aromatic carbocycles. The Balaban J connectivity index is 0. The summed E-state index contributed by atoms with van der Waals surface area (Å²) in [4.78, 5) is 0. The van der Waals surface area contributed by atoms with Crippen molar-refractivity contribution in [1.82, 2.24) is 0 Å². The minimum absolute atomic E-state index is 0. The Hall–Kier alpha value is 0.142. The minimum Gasteiger partial charge on any atom is -0.556 e. The Morgan fingerprint density at radius 3 is 1.77 bits per heavy atom. The Labute approximate surface area is 151 Å². The van der Waals surface area contributed by atoms with Gasteiger partial charge in [-0.25, -0.2) is 5.82 Å². The molecule has 0 spiro atoms. The Morgan fingerprint density at radius 2 is 1.41 bits per heavy atom. The van der Waals surface area contributed by atoms with Crippen molar-refractivity contribution in [3.8, 4) is 11.7 Å². The molecule has 124 valence electrons. The van der Waals surface area contributed by atoms with Crippen LogP contribution in [0.15, 0.2) is 0 Å². The van der Waals surface area contributed by atoms with Crippen molar-refractivity contribution in [2.24, 2.45) is 5.41 Å². The maximum absolute atomic E-state index is 6.19. The van der Waals surface area contributed by atoms with Crippen molar-refractivity contribution in [3.05, 3.63) is 0 Å². The molecule has 0 aliphatic rings. The fourth-order valence-corrected chi connectivity index (χ4v) is 2.35. The van der Waals surface area contributed by atoms with E-state index < -0.39 is 6.55 Å². The van der Waals surface area contributed by atoms with Crippen LogP contribution in [0.5, 0.6) is 0 Å². The molecule has 0 fully saturated rings. The van der Waals surface area contributed by atoms with E-state index >= 15 is 0 Å². The molecular weight excluding hydrogens is 266 g/mol. The van der Waals surface area contributed by atoms with E-state index in [0.717, 1.165) is 12.7 Å². The summed E-state index contributed by atoms with van der Waals surface area (Å²) in [7, 11) is 0. The molecule has 0 radical (unpaired) electrons. The van der Waals surface area contributed by atoms with Crippen LogP contribution in [-0.4, -0.2) is 18.8 Å². The molecule has 0 N–H and O–H groups in total. The predicted octanol–water partition coefficient (Wildman–Crippen LogP) is 2.45. The van der Waals surface area contributed by atoms with Gasteiger partial charge in [0.05, 0.1) is 0 Å². The SMILES string of the molecule is CCCCCC[B-](C#CC(C)(C)C)(OC(C)C)OC(C)C.[Li+]. The van der Waals surface area contributed by atoms with Crippen molar-refractivity contribution in [1.29, 1.82) is 0 Å². The molecule has 0 aromatic heterocycles. The summed E-state index contributed by atoms with van der Waals surface area (Å²) < 4.78 is 12.4. The third-order valence-electron chi connectivity index (χ3n) is 3.09. The maximum atomic E-state index is 6.19. The van der Waals surface area contributed by atoms with Gasteiger partial charge in [0.25, 0.3) is 0 Å². The molecule has 4 heteroatoms. The average molecular weight is 302 g/mol. The number of hydrogen-bond acceptors (Lipinski definition) is 2. The largest absolute Gasteiger partial charge is 1.00 e. The first-order chi connectivity index (χ1) is 9.60. The van der Waals surface area contributed by atoms with Crippen LogP contribution in [0.3, 0.4) is 0 Å². The average Bonchev–Trinajstić information content (AvgIpc) is 2.30. The Bertz CT molecular complexity index is 327. The first kappa shape index (κ1) is 24.4. The molecule has 0 aromatic rings. The van der Waals surface area contributed by atoms with Crippen LogP contribution in [0.2, 0.25) is 6.32 Å². The van der Waals surface area contributed by atoms with Gasteiger partial charge in [0.15, 0.2) is 0 Å². The fraction of sp³-hybridized carbons (Fsp3) is 0.889. The Morgan fingerprint density at radius 1 is 0.909 bits per heavy atom. The molecule has 22 heavy (non-hydrogen) atoms. The fourth-order valence-electron chi connectivity index (χ4n) is 2.35. The van der Waals surface area contributed by atoms with Crippen LogP contribution in [0.1, 0.15) is 81.1 Å². The van der Waals surface area contributed by atoms with Crippen molar-refractivity contribution in [2.45, 2.75) is 99.6 Å². The summed E-state index contributed by atoms with van der Waals surface area (Å²) in [5.41, 5.74) is -0.0307. The zero-order valence-electron chi connectivity index (χ0n) is 16.6. The first-order valence-corrected chi connectivity index (χ1v) is 8.66. The normalized spacial score (nSPS) is 12.1. The predicted molar refractivity (Wildman–Crippen MR) is 94.4 cm³/mol. The Kier molecular flexibility index (Phi) is 12.9. The van der Waals surface area contributed by atoms with Gasteiger partial charge in [0, 0.05) is 17.6 Å². The van der Waals surface area contributed by atoms with Crippen LogP contribution in [0, 0.1) is 17.2 Å². The van der Waals surface area contributed by atoms with E-state index in [1.54, 1.807) is 0 Å². The number of hydrogen-bond donors (Lipinski definition) is 0. The van der Waals surface area contributed by atoms with Crippen molar-refractivity contribution < 1.29 is 28.2 Å². The second kappa shape index (κ2) is 11.6. The molecule has 0 bridgehead atoms. The smallest absolute Gasteiger partial charge is 0.556 e. The second-order valence-electron chi connectivity index (χ2n) is 7.61. The summed E-state index contributed by atoms with van der Waals surface area (Å²) in [6, 6.07) is 0. The molecule has 2 nitrogen and oxygen atoms in total. The van der Waals surface area contributed by atoms with E-state index in [1.165, 1.54) is 19.3 Å². The molecule has 0 saturated heterocycles. The molecule has 0 aliphatic heterocycles. The zero-order chi connectivity index (χ0) is 16.5. The van der Waals surface area contributed by atoms with E-state index in [-0.39, 0.29) is 36.5 Å². The molecule has 0 atom stereocenters. The third-order valence-corrected chi connectivity index (χ3v) is 3.09. The molecule has 0 rings (SSSR count). The van der Waals surface area contributed by atoms with Crippen LogP contribution < -0.4 is 18.9 Å². The van der Waals surface area contributed by atoms with Crippen molar-refractivity contribution >= 4 is 6.55 Å². The monoisotopic (exact) mass is 302 g/mol. The molecule has 0 heterocycles. The van der Waals surface area contributed by atoms with Gasteiger partial charge in [-0.2, -0.15) is 0 Å². The van der Waals surface area contributed by atoms with Gasteiger partial charge < -0.3 is 9.31 Å². The van der Waals surface area contributed by atoms with Gasteiger partial charge in [-0.1, -0.05) is 32.6 Å². The van der Waals surface area contributed by atoms with Crippen LogP contribution in [-0.2, 0) is 9.31 Å². The summed E-state index contributed by atoms with van der Waals surface area (Å²) in [6.07, 6.45) is 6.01. The minimum atomic E-state index is -1.52. The molecule has 0 unspecified atom stereocenters. The molecule has 0 amide bonds. The van der Waals surface area contributed by atoms with Crippen molar-refractivity contribution in [3.63, 3.8) is 0 Å². The third kappa shape index (κ3) is 12.7. The van der Waals surface area contributed by atoms with Gasteiger partial charge in [-0.3, -0.25) is 0 Å². The summed E-state index contributed by atoms with van der Waals surface area (Å²) in [5, 5.41) is 0. The van der Waals surface area contributed by atoms with Gasteiger partial charge in [0.2, 0.25) is 0 Å². The summed E-state index contributed by atoms with van der Waals surface area (Å²) in [5.74, 6) is 6.72. The topological polar surface area (TPSA) is 18.5 Å². The van der Waals surface area contributed by atoms with Gasteiger partial charge in [-0.15, -0.1) is 12.2 Å².